The molecular weight excluding hydrogens is 248 g/mol. The first-order chi connectivity index (χ1) is 9.06. The van der Waals surface area contributed by atoms with E-state index < -0.39 is 17.5 Å². The van der Waals surface area contributed by atoms with E-state index >= 15 is 0 Å². The average molecular weight is 260 g/mol. The first-order valence-electron chi connectivity index (χ1n) is 5.92. The molecule has 3 rings (SSSR count). The second kappa shape index (κ2) is 3.81. The van der Waals surface area contributed by atoms with Crippen molar-refractivity contribution < 1.29 is 19.1 Å². The molecule has 98 valence electrons. The minimum absolute atomic E-state index is 0.331. The number of nitrogens with one attached hydrogen (secondary N) is 2. The van der Waals surface area contributed by atoms with Crippen LogP contribution >= 0.6 is 0 Å². The second-order valence-corrected chi connectivity index (χ2v) is 4.68. The molecule has 1 heterocycles. The topological polar surface area (TPSA) is 84.5 Å². The molecule has 0 bridgehead atoms. The Balaban J connectivity index is 2.05. The molecule has 1 aliphatic carbocycles. The van der Waals surface area contributed by atoms with E-state index in [2.05, 4.69) is 15.4 Å². The summed E-state index contributed by atoms with van der Waals surface area (Å²) in [4.78, 5) is 34.8. The van der Waals surface area contributed by atoms with Crippen molar-refractivity contribution in [1.29, 1.82) is 0 Å². The van der Waals surface area contributed by atoms with Gasteiger partial charge in [0.05, 0.1) is 12.7 Å². The number of hydrogen-bond acceptors (Lipinski definition) is 4. The van der Waals surface area contributed by atoms with E-state index in [1.165, 1.54) is 7.11 Å². The molecule has 1 aliphatic heterocycles. The summed E-state index contributed by atoms with van der Waals surface area (Å²) >= 11 is 0. The van der Waals surface area contributed by atoms with Crippen LogP contribution in [0.5, 0.6) is 0 Å². The predicted octanol–water partition coefficient (Wildman–Crippen LogP) is 0.454. The number of benzene rings is 1. The first kappa shape index (κ1) is 11.7. The zero-order valence-corrected chi connectivity index (χ0v) is 10.3. The third kappa shape index (κ3) is 1.53. The molecule has 1 aromatic rings. The minimum atomic E-state index is -0.971. The zero-order chi connectivity index (χ0) is 13.6. The lowest BCUT2D eigenvalue weighted by Gasteiger charge is -2.21. The molecule has 0 aromatic heterocycles. The summed E-state index contributed by atoms with van der Waals surface area (Å²) in [5.74, 6) is -0.745. The number of urea groups is 1. The molecule has 3 amide bonds. The van der Waals surface area contributed by atoms with E-state index in [1.807, 2.05) is 0 Å². The largest absolute Gasteiger partial charge is 0.465 e. The number of imide groups is 1. The molecule has 6 heteroatoms. The van der Waals surface area contributed by atoms with Crippen LogP contribution in [0.1, 0.15) is 27.9 Å². The summed E-state index contributed by atoms with van der Waals surface area (Å²) < 4.78 is 4.66. The lowest BCUT2D eigenvalue weighted by atomic mass is 9.91. The molecule has 1 aromatic carbocycles. The molecule has 2 N–H and O–H groups in total. The van der Waals surface area contributed by atoms with Crippen molar-refractivity contribution >= 4 is 17.9 Å². The molecule has 19 heavy (non-hydrogen) atoms. The summed E-state index contributed by atoms with van der Waals surface area (Å²) in [5.41, 5.74) is 1.12. The van der Waals surface area contributed by atoms with Crippen LogP contribution in [0, 0.1) is 0 Å². The van der Waals surface area contributed by atoms with Crippen LogP contribution in [-0.2, 0) is 21.5 Å². The van der Waals surface area contributed by atoms with Crippen LogP contribution in [0.25, 0.3) is 0 Å². The fourth-order valence-corrected chi connectivity index (χ4v) is 2.78. The summed E-state index contributed by atoms with van der Waals surface area (Å²) in [6, 6.07) is 4.55. The van der Waals surface area contributed by atoms with Gasteiger partial charge < -0.3 is 10.1 Å². The van der Waals surface area contributed by atoms with Gasteiger partial charge in [-0.15, -0.1) is 0 Å². The molecular formula is C13H12N2O4. The van der Waals surface area contributed by atoms with Crippen molar-refractivity contribution in [3.8, 4) is 0 Å². The maximum atomic E-state index is 12.0. The molecule has 0 radical (unpaired) electrons. The monoisotopic (exact) mass is 260 g/mol. The number of hydrogen-bond donors (Lipinski definition) is 2. The number of aryl methyl sites for hydroxylation is 1. The maximum Gasteiger partial charge on any atom is 0.337 e. The highest BCUT2D eigenvalue weighted by molar-refractivity contribution is 6.08. The Bertz CT molecular complexity index is 611. The average Bonchev–Trinajstić information content (AvgIpc) is 2.90. The van der Waals surface area contributed by atoms with E-state index in [-0.39, 0.29) is 5.91 Å². The Morgan fingerprint density at radius 3 is 2.79 bits per heavy atom. The number of ether oxygens (including phenoxy) is 1. The predicted molar refractivity (Wildman–Crippen MR) is 64.5 cm³/mol. The zero-order valence-electron chi connectivity index (χ0n) is 10.3. The van der Waals surface area contributed by atoms with Crippen molar-refractivity contribution in [2.75, 3.05) is 7.11 Å². The number of carbonyl (C=O) groups excluding carboxylic acids is 3. The van der Waals surface area contributed by atoms with Gasteiger partial charge in [-0.1, -0.05) is 6.07 Å². The van der Waals surface area contributed by atoms with Gasteiger partial charge in [-0.05, 0) is 36.1 Å². The van der Waals surface area contributed by atoms with Crippen LogP contribution < -0.4 is 10.6 Å². The molecule has 2 aliphatic rings. The van der Waals surface area contributed by atoms with Crippen LogP contribution in [0.4, 0.5) is 4.79 Å². The van der Waals surface area contributed by atoms with Crippen LogP contribution in [0.3, 0.4) is 0 Å². The summed E-state index contributed by atoms with van der Waals surface area (Å²) in [6.45, 7) is 0. The Morgan fingerprint density at radius 1 is 1.37 bits per heavy atom. The Labute approximate surface area is 109 Å². The Morgan fingerprint density at radius 2 is 2.16 bits per heavy atom. The van der Waals surface area contributed by atoms with Crippen molar-refractivity contribution in [2.24, 2.45) is 0 Å². The van der Waals surface area contributed by atoms with Gasteiger partial charge in [-0.25, -0.2) is 9.59 Å². The van der Waals surface area contributed by atoms with E-state index in [0.29, 0.717) is 18.4 Å². The fourth-order valence-electron chi connectivity index (χ4n) is 2.78. The van der Waals surface area contributed by atoms with Gasteiger partial charge >= 0.3 is 12.0 Å². The molecule has 1 spiro atoms. The third-order valence-electron chi connectivity index (χ3n) is 3.70. The molecule has 1 atom stereocenters. The van der Waals surface area contributed by atoms with Crippen LogP contribution in [-0.4, -0.2) is 25.0 Å². The molecule has 1 saturated heterocycles. The van der Waals surface area contributed by atoms with Crippen LogP contribution in [0.2, 0.25) is 0 Å². The van der Waals surface area contributed by atoms with Crippen molar-refractivity contribution in [3.05, 3.63) is 34.9 Å². The van der Waals surface area contributed by atoms with Gasteiger partial charge in [-0.3, -0.25) is 10.1 Å². The van der Waals surface area contributed by atoms with Gasteiger partial charge in [-0.2, -0.15) is 0 Å². The molecule has 1 fully saturated rings. The van der Waals surface area contributed by atoms with E-state index in [0.717, 1.165) is 11.1 Å². The second-order valence-electron chi connectivity index (χ2n) is 4.68. The number of methoxy groups -OCH3 is 1. The number of fused-ring (bicyclic) bond motifs is 2. The van der Waals surface area contributed by atoms with Crippen molar-refractivity contribution in [3.63, 3.8) is 0 Å². The minimum Gasteiger partial charge on any atom is -0.465 e. The van der Waals surface area contributed by atoms with Crippen molar-refractivity contribution in [2.45, 2.75) is 18.4 Å². The lowest BCUT2D eigenvalue weighted by molar-refractivity contribution is -0.124. The highest BCUT2D eigenvalue weighted by Crippen LogP contribution is 2.39. The van der Waals surface area contributed by atoms with Gasteiger partial charge in [0.1, 0.15) is 5.54 Å². The smallest absolute Gasteiger partial charge is 0.337 e. The number of rotatable bonds is 1. The van der Waals surface area contributed by atoms with Gasteiger partial charge in [0.25, 0.3) is 5.91 Å². The summed E-state index contributed by atoms with van der Waals surface area (Å²) in [5, 5.41) is 4.94. The fraction of sp³-hybridized carbons (Fsp3) is 0.308. The SMILES string of the molecule is COC(=O)c1ccc2c(c1)CCC21NC(=O)NC1=O. The number of esters is 1. The Kier molecular flexibility index (Phi) is 2.35. The Hall–Kier alpha value is -2.37. The molecule has 0 saturated carbocycles. The molecule has 1 unspecified atom stereocenters. The number of amides is 3. The van der Waals surface area contributed by atoms with E-state index in [9.17, 15) is 14.4 Å². The first-order valence-corrected chi connectivity index (χ1v) is 5.92. The van der Waals surface area contributed by atoms with E-state index in [4.69, 9.17) is 0 Å². The summed E-state index contributed by atoms with van der Waals surface area (Å²) in [6.07, 6.45) is 1.14. The van der Waals surface area contributed by atoms with Gasteiger partial charge in [0, 0.05) is 0 Å². The summed E-state index contributed by atoms with van der Waals surface area (Å²) in [7, 11) is 1.32. The normalized spacial score (nSPS) is 24.1. The van der Waals surface area contributed by atoms with Gasteiger partial charge in [0.15, 0.2) is 0 Å². The lowest BCUT2D eigenvalue weighted by Crippen LogP contribution is -2.41. The van der Waals surface area contributed by atoms with Crippen molar-refractivity contribution in [1.82, 2.24) is 10.6 Å². The standard InChI is InChI=1S/C13H12N2O4/c1-19-10(16)8-2-3-9-7(6-8)4-5-13(9)11(17)14-12(18)15-13/h2-3,6H,4-5H2,1H3,(H2,14,15,17,18). The molecule has 6 nitrogen and oxygen atoms in total. The third-order valence-corrected chi connectivity index (χ3v) is 3.70. The van der Waals surface area contributed by atoms with Crippen LogP contribution in [0.15, 0.2) is 18.2 Å². The van der Waals surface area contributed by atoms with E-state index in [1.54, 1.807) is 18.2 Å². The maximum absolute atomic E-state index is 12.0. The highest BCUT2D eigenvalue weighted by atomic mass is 16.5. The quantitative estimate of drug-likeness (QED) is 0.567. The van der Waals surface area contributed by atoms with Gasteiger partial charge in [0.2, 0.25) is 0 Å². The highest BCUT2D eigenvalue weighted by Gasteiger charge is 2.51. The number of carbonyl (C=O) groups is 3.